The fourth-order valence-corrected chi connectivity index (χ4v) is 6.76. The number of hydrogen-bond acceptors (Lipinski definition) is 5. The lowest BCUT2D eigenvalue weighted by molar-refractivity contribution is -0.139. The van der Waals surface area contributed by atoms with E-state index < -0.39 is 34.4 Å². The minimum absolute atomic E-state index is 0.0100. The molecule has 2 amide bonds. The van der Waals surface area contributed by atoms with Crippen molar-refractivity contribution in [3.8, 4) is 5.75 Å². The molecule has 4 aromatic carbocycles. The summed E-state index contributed by atoms with van der Waals surface area (Å²) in [6, 6.07) is 26.1. The van der Waals surface area contributed by atoms with Gasteiger partial charge in [0.25, 0.3) is 10.0 Å². The summed E-state index contributed by atoms with van der Waals surface area (Å²) in [6.45, 7) is 1.03. The van der Waals surface area contributed by atoms with Crippen molar-refractivity contribution in [3.63, 3.8) is 0 Å². The molecule has 8 nitrogen and oxygen atoms in total. The second-order valence-electron chi connectivity index (χ2n) is 10.0. The van der Waals surface area contributed by atoms with Gasteiger partial charge < -0.3 is 15.0 Å². The predicted octanol–water partition coefficient (Wildman–Crippen LogP) is 5.89. The van der Waals surface area contributed by atoms with Crippen LogP contribution in [0.5, 0.6) is 5.75 Å². The van der Waals surface area contributed by atoms with Crippen molar-refractivity contribution in [2.24, 2.45) is 0 Å². The first-order valence-corrected chi connectivity index (χ1v) is 16.0. The molecule has 0 aliphatic heterocycles. The lowest BCUT2D eigenvalue weighted by Crippen LogP contribution is -2.53. The molecule has 1 N–H and O–H groups in total. The van der Waals surface area contributed by atoms with Gasteiger partial charge in [0, 0.05) is 35.6 Å². The third-order valence-corrected chi connectivity index (χ3v) is 9.60. The number of sulfonamides is 1. The van der Waals surface area contributed by atoms with Gasteiger partial charge in [-0.25, -0.2) is 8.42 Å². The Kier molecular flexibility index (Phi) is 10.9. The number of nitrogens with zero attached hydrogens (tertiary/aromatic N) is 2. The molecule has 0 spiro atoms. The Morgan fingerprint density at radius 3 is 2.09 bits per heavy atom. The first-order valence-electron chi connectivity index (χ1n) is 13.8. The van der Waals surface area contributed by atoms with E-state index in [1.165, 1.54) is 31.2 Å². The number of halogens is 2. The largest absolute Gasteiger partial charge is 0.495 e. The van der Waals surface area contributed by atoms with Gasteiger partial charge in [-0.1, -0.05) is 83.9 Å². The highest BCUT2D eigenvalue weighted by atomic mass is 35.5. The number of carbonyl (C=O) groups excluding carboxylic acids is 2. The summed E-state index contributed by atoms with van der Waals surface area (Å²) in [4.78, 5) is 29.2. The molecule has 0 unspecified atom stereocenters. The van der Waals surface area contributed by atoms with E-state index in [-0.39, 0.29) is 29.3 Å². The second kappa shape index (κ2) is 14.6. The average molecular weight is 655 g/mol. The number of ether oxygens (including phenoxy) is 1. The zero-order valence-corrected chi connectivity index (χ0v) is 26.9. The van der Waals surface area contributed by atoms with E-state index in [4.69, 9.17) is 27.9 Å². The van der Waals surface area contributed by atoms with Crippen LogP contribution >= 0.6 is 23.2 Å². The minimum Gasteiger partial charge on any atom is -0.495 e. The molecule has 0 aliphatic carbocycles. The van der Waals surface area contributed by atoms with Crippen LogP contribution in [0.4, 0.5) is 5.69 Å². The molecule has 4 rings (SSSR count). The maximum atomic E-state index is 14.5. The summed E-state index contributed by atoms with van der Waals surface area (Å²) in [5.74, 6) is -0.819. The smallest absolute Gasteiger partial charge is 0.264 e. The van der Waals surface area contributed by atoms with Crippen LogP contribution in [-0.4, -0.2) is 51.9 Å². The standard InChI is InChI=1S/C33H33Cl2N3O5S/c1-23-17-18-31(43-3)29(19-23)38(44(41,42)25-13-8-5-9-14-25)22-32(39)37(21-26-27(34)15-10-16-28(26)35)30(33(40)36-2)20-24-11-6-4-7-12-24/h4-19,30H,20-22H2,1-3H3,(H,36,40)/t30-/m0/s1. The number of carbonyl (C=O) groups is 2. The van der Waals surface area contributed by atoms with E-state index in [0.29, 0.717) is 15.6 Å². The molecular formula is C33H33Cl2N3O5S. The molecule has 0 heterocycles. The Balaban J connectivity index is 1.86. The van der Waals surface area contributed by atoms with Gasteiger partial charge >= 0.3 is 0 Å². The van der Waals surface area contributed by atoms with Crippen LogP contribution in [0.2, 0.25) is 10.0 Å². The molecule has 0 saturated carbocycles. The Bertz CT molecular complexity index is 1700. The summed E-state index contributed by atoms with van der Waals surface area (Å²) in [6.07, 6.45) is 0.160. The number of rotatable bonds is 12. The SMILES string of the molecule is CNC(=O)[C@H](Cc1ccccc1)N(Cc1c(Cl)cccc1Cl)C(=O)CN(c1cc(C)ccc1OC)S(=O)(=O)c1ccccc1. The number of likely N-dealkylation sites (N-methyl/N-ethyl adjacent to an activating group) is 1. The van der Waals surface area contributed by atoms with Crippen molar-refractivity contribution >= 4 is 50.7 Å². The van der Waals surface area contributed by atoms with E-state index in [9.17, 15) is 18.0 Å². The molecule has 0 bridgehead atoms. The second-order valence-corrected chi connectivity index (χ2v) is 12.7. The Labute approximate surface area is 268 Å². The average Bonchev–Trinajstić information content (AvgIpc) is 3.03. The highest BCUT2D eigenvalue weighted by Crippen LogP contribution is 2.34. The van der Waals surface area contributed by atoms with Crippen molar-refractivity contribution in [3.05, 3.63) is 124 Å². The van der Waals surface area contributed by atoms with E-state index in [1.54, 1.807) is 54.6 Å². The van der Waals surface area contributed by atoms with Crippen molar-refractivity contribution in [2.45, 2.75) is 30.8 Å². The number of benzene rings is 4. The molecule has 4 aromatic rings. The van der Waals surface area contributed by atoms with Crippen molar-refractivity contribution in [1.29, 1.82) is 0 Å². The van der Waals surface area contributed by atoms with E-state index in [2.05, 4.69) is 5.32 Å². The lowest BCUT2D eigenvalue weighted by Gasteiger charge is -2.34. The van der Waals surface area contributed by atoms with Gasteiger partial charge in [-0.15, -0.1) is 0 Å². The van der Waals surface area contributed by atoms with Crippen LogP contribution in [0.1, 0.15) is 16.7 Å². The summed E-state index contributed by atoms with van der Waals surface area (Å²) in [5.41, 5.74) is 2.17. The molecule has 0 radical (unpaired) electrons. The van der Waals surface area contributed by atoms with Gasteiger partial charge in [0.2, 0.25) is 11.8 Å². The molecule has 0 fully saturated rings. The number of hydrogen-bond donors (Lipinski definition) is 1. The number of amides is 2. The Morgan fingerprint density at radius 2 is 1.50 bits per heavy atom. The van der Waals surface area contributed by atoms with Crippen LogP contribution < -0.4 is 14.4 Å². The number of methoxy groups -OCH3 is 1. The monoisotopic (exact) mass is 653 g/mol. The molecule has 230 valence electrons. The van der Waals surface area contributed by atoms with Crippen LogP contribution in [0, 0.1) is 6.92 Å². The Hall–Kier alpha value is -4.05. The quantitative estimate of drug-likeness (QED) is 0.206. The van der Waals surface area contributed by atoms with Crippen molar-refractivity contribution < 1.29 is 22.7 Å². The Morgan fingerprint density at radius 1 is 0.886 bits per heavy atom. The number of nitrogens with one attached hydrogen (secondary N) is 1. The van der Waals surface area contributed by atoms with Crippen LogP contribution in [0.3, 0.4) is 0 Å². The molecule has 1 atom stereocenters. The summed E-state index contributed by atoms with van der Waals surface area (Å²) < 4.78 is 34.9. The molecule has 0 aromatic heterocycles. The van der Waals surface area contributed by atoms with Crippen molar-refractivity contribution in [2.75, 3.05) is 25.0 Å². The van der Waals surface area contributed by atoms with Crippen LogP contribution in [-0.2, 0) is 32.6 Å². The molecule has 0 saturated heterocycles. The van der Waals surface area contributed by atoms with Crippen LogP contribution in [0.25, 0.3) is 0 Å². The summed E-state index contributed by atoms with van der Waals surface area (Å²) in [5, 5.41) is 3.26. The third-order valence-electron chi connectivity index (χ3n) is 7.12. The summed E-state index contributed by atoms with van der Waals surface area (Å²) >= 11 is 13.0. The van der Waals surface area contributed by atoms with E-state index in [1.807, 2.05) is 37.3 Å². The fraction of sp³-hybridized carbons (Fsp3) is 0.212. The van der Waals surface area contributed by atoms with Gasteiger partial charge in [-0.2, -0.15) is 0 Å². The zero-order chi connectivity index (χ0) is 31.9. The third kappa shape index (κ3) is 7.53. The molecular weight excluding hydrogens is 621 g/mol. The van der Waals surface area contributed by atoms with Gasteiger partial charge in [0.05, 0.1) is 17.7 Å². The number of anilines is 1. The highest BCUT2D eigenvalue weighted by Gasteiger charge is 2.35. The first-order chi connectivity index (χ1) is 21.1. The number of aryl methyl sites for hydroxylation is 1. The van der Waals surface area contributed by atoms with E-state index in [0.717, 1.165) is 15.4 Å². The van der Waals surface area contributed by atoms with Gasteiger partial charge in [0.1, 0.15) is 18.3 Å². The maximum Gasteiger partial charge on any atom is 0.264 e. The highest BCUT2D eigenvalue weighted by molar-refractivity contribution is 7.92. The maximum absolute atomic E-state index is 14.5. The van der Waals surface area contributed by atoms with Gasteiger partial charge in [-0.3, -0.25) is 13.9 Å². The summed E-state index contributed by atoms with van der Waals surface area (Å²) in [7, 11) is -1.37. The molecule has 44 heavy (non-hydrogen) atoms. The normalized spacial score (nSPS) is 11.8. The van der Waals surface area contributed by atoms with Crippen LogP contribution in [0.15, 0.2) is 102 Å². The van der Waals surface area contributed by atoms with Gasteiger partial charge in [0.15, 0.2) is 0 Å². The predicted molar refractivity (Wildman–Crippen MR) is 174 cm³/mol. The van der Waals surface area contributed by atoms with Crippen molar-refractivity contribution in [1.82, 2.24) is 10.2 Å². The zero-order valence-electron chi connectivity index (χ0n) is 24.5. The topological polar surface area (TPSA) is 96.0 Å². The fourth-order valence-electron chi connectivity index (χ4n) is 4.80. The molecule has 11 heteroatoms. The minimum atomic E-state index is -4.28. The van der Waals surface area contributed by atoms with E-state index >= 15 is 0 Å². The lowest BCUT2D eigenvalue weighted by atomic mass is 10.0. The first kappa shape index (κ1) is 32.9. The van der Waals surface area contributed by atoms with Gasteiger partial charge in [-0.05, 0) is 54.4 Å². The molecule has 0 aliphatic rings.